The van der Waals surface area contributed by atoms with Crippen molar-refractivity contribution in [2.75, 3.05) is 11.8 Å². The molecular formula is C15H12BrN3O3S2. The van der Waals surface area contributed by atoms with Crippen LogP contribution in [-0.4, -0.2) is 25.5 Å². The number of sulfonamides is 1. The average molecular weight is 426 g/mol. The second-order valence-electron chi connectivity index (χ2n) is 4.73. The summed E-state index contributed by atoms with van der Waals surface area (Å²) >= 11 is 4.73. The van der Waals surface area contributed by atoms with Crippen LogP contribution in [0.3, 0.4) is 0 Å². The van der Waals surface area contributed by atoms with Gasteiger partial charge in [-0.1, -0.05) is 15.9 Å². The van der Waals surface area contributed by atoms with E-state index in [9.17, 15) is 8.42 Å². The third kappa shape index (κ3) is 3.58. The fraction of sp³-hybridized carbons (Fsp3) is 0.0667. The summed E-state index contributed by atoms with van der Waals surface area (Å²) in [4.78, 5) is 9.05. The molecular weight excluding hydrogens is 414 g/mol. The van der Waals surface area contributed by atoms with Gasteiger partial charge >= 0.3 is 0 Å². The largest absolute Gasteiger partial charge is 0.495 e. The number of pyridine rings is 1. The summed E-state index contributed by atoms with van der Waals surface area (Å²) in [6, 6.07) is 6.50. The molecule has 2 aromatic heterocycles. The van der Waals surface area contributed by atoms with E-state index < -0.39 is 10.0 Å². The second kappa shape index (κ2) is 6.88. The van der Waals surface area contributed by atoms with Gasteiger partial charge in [0.1, 0.15) is 10.6 Å². The van der Waals surface area contributed by atoms with Crippen LogP contribution in [0.2, 0.25) is 0 Å². The van der Waals surface area contributed by atoms with Crippen molar-refractivity contribution in [3.05, 3.63) is 52.8 Å². The predicted octanol–water partition coefficient (Wildman–Crippen LogP) is 3.78. The molecule has 24 heavy (non-hydrogen) atoms. The van der Waals surface area contributed by atoms with Gasteiger partial charge in [0.25, 0.3) is 10.0 Å². The standard InChI is InChI=1S/C15H12BrN3O3S2/c1-22-13-3-2-11(16)5-15(13)24(20,21)19-12-4-10(6-17-7-12)14-8-18-9-23-14/h2-9,19H,1H3. The molecule has 0 fully saturated rings. The Hall–Kier alpha value is -1.97. The first kappa shape index (κ1) is 16.9. The lowest BCUT2D eigenvalue weighted by Gasteiger charge is -2.12. The van der Waals surface area contributed by atoms with Crippen LogP contribution >= 0.6 is 27.3 Å². The quantitative estimate of drug-likeness (QED) is 0.672. The Kier molecular flexibility index (Phi) is 4.83. The van der Waals surface area contributed by atoms with Gasteiger partial charge in [0.05, 0.1) is 29.4 Å². The number of thiazole rings is 1. The van der Waals surface area contributed by atoms with Gasteiger partial charge in [0.2, 0.25) is 0 Å². The lowest BCUT2D eigenvalue weighted by atomic mass is 10.2. The zero-order chi connectivity index (χ0) is 17.2. The lowest BCUT2D eigenvalue weighted by molar-refractivity contribution is 0.403. The van der Waals surface area contributed by atoms with Gasteiger partial charge in [-0.25, -0.2) is 8.42 Å². The minimum absolute atomic E-state index is 0.0440. The summed E-state index contributed by atoms with van der Waals surface area (Å²) in [6.45, 7) is 0. The van der Waals surface area contributed by atoms with Crippen LogP contribution in [0.5, 0.6) is 5.75 Å². The highest BCUT2D eigenvalue weighted by atomic mass is 79.9. The van der Waals surface area contributed by atoms with Crippen LogP contribution in [0.4, 0.5) is 5.69 Å². The minimum atomic E-state index is -3.82. The third-order valence-corrected chi connectivity index (χ3v) is 5.84. The normalized spacial score (nSPS) is 11.2. The van der Waals surface area contributed by atoms with E-state index in [4.69, 9.17) is 4.74 Å². The van der Waals surface area contributed by atoms with E-state index in [2.05, 4.69) is 30.6 Å². The molecule has 0 unspecified atom stereocenters. The summed E-state index contributed by atoms with van der Waals surface area (Å²) < 4.78 is 33.7. The summed E-state index contributed by atoms with van der Waals surface area (Å²) in [7, 11) is -2.40. The zero-order valence-corrected chi connectivity index (χ0v) is 15.7. The lowest BCUT2D eigenvalue weighted by Crippen LogP contribution is -2.14. The molecule has 3 aromatic rings. The van der Waals surface area contributed by atoms with Gasteiger partial charge in [0, 0.05) is 22.4 Å². The van der Waals surface area contributed by atoms with Gasteiger partial charge < -0.3 is 4.74 Å². The van der Waals surface area contributed by atoms with Gasteiger partial charge in [0.15, 0.2) is 0 Å². The van der Waals surface area contributed by atoms with E-state index in [0.717, 1.165) is 10.4 Å². The molecule has 0 amide bonds. The average Bonchev–Trinajstić information content (AvgIpc) is 3.09. The molecule has 1 aromatic carbocycles. The molecule has 9 heteroatoms. The number of anilines is 1. The Morgan fingerprint density at radius 2 is 2.00 bits per heavy atom. The van der Waals surface area contributed by atoms with Crippen molar-refractivity contribution in [3.8, 4) is 16.2 Å². The maximum Gasteiger partial charge on any atom is 0.265 e. The molecule has 2 heterocycles. The van der Waals surface area contributed by atoms with Gasteiger partial charge in [-0.05, 0) is 24.3 Å². The molecule has 0 atom stereocenters. The number of ether oxygens (including phenoxy) is 1. The van der Waals surface area contributed by atoms with Crippen molar-refractivity contribution in [1.29, 1.82) is 0 Å². The molecule has 0 bridgehead atoms. The zero-order valence-electron chi connectivity index (χ0n) is 12.4. The van der Waals surface area contributed by atoms with Crippen molar-refractivity contribution < 1.29 is 13.2 Å². The summed E-state index contributed by atoms with van der Waals surface area (Å²) in [5.74, 6) is 0.261. The Labute approximate surface area is 151 Å². The number of rotatable bonds is 5. The molecule has 0 aliphatic heterocycles. The molecule has 0 saturated heterocycles. The minimum Gasteiger partial charge on any atom is -0.495 e. The maximum atomic E-state index is 12.7. The van der Waals surface area contributed by atoms with E-state index in [1.165, 1.54) is 30.7 Å². The number of hydrogen-bond acceptors (Lipinski definition) is 6. The smallest absolute Gasteiger partial charge is 0.265 e. The highest BCUT2D eigenvalue weighted by molar-refractivity contribution is 9.10. The summed E-state index contributed by atoms with van der Waals surface area (Å²) in [5, 5.41) is 0. The number of hydrogen-bond donors (Lipinski definition) is 1. The Morgan fingerprint density at radius 3 is 2.71 bits per heavy atom. The van der Waals surface area contributed by atoms with E-state index in [0.29, 0.717) is 10.2 Å². The Bertz CT molecular complexity index is 960. The van der Waals surface area contributed by atoms with E-state index in [1.807, 2.05) is 0 Å². The molecule has 0 aliphatic rings. The van der Waals surface area contributed by atoms with Gasteiger partial charge in [-0.2, -0.15) is 0 Å². The van der Waals surface area contributed by atoms with Crippen LogP contribution in [0.1, 0.15) is 0 Å². The molecule has 0 radical (unpaired) electrons. The van der Waals surface area contributed by atoms with E-state index in [-0.39, 0.29) is 10.6 Å². The maximum absolute atomic E-state index is 12.7. The van der Waals surface area contributed by atoms with E-state index >= 15 is 0 Å². The first-order valence-electron chi connectivity index (χ1n) is 6.70. The summed E-state index contributed by atoms with van der Waals surface area (Å²) in [5.41, 5.74) is 2.86. The third-order valence-electron chi connectivity index (χ3n) is 3.12. The van der Waals surface area contributed by atoms with Crippen LogP contribution in [0.25, 0.3) is 10.4 Å². The molecule has 124 valence electrons. The first-order chi connectivity index (χ1) is 11.5. The van der Waals surface area contributed by atoms with Crippen LogP contribution in [0.15, 0.2) is 57.7 Å². The second-order valence-corrected chi connectivity index (χ2v) is 8.18. The number of benzene rings is 1. The van der Waals surface area contributed by atoms with Crippen molar-refractivity contribution in [2.45, 2.75) is 4.90 Å². The van der Waals surface area contributed by atoms with Gasteiger partial charge in [-0.15, -0.1) is 11.3 Å². The van der Waals surface area contributed by atoms with Crippen molar-refractivity contribution in [3.63, 3.8) is 0 Å². The molecule has 0 saturated carbocycles. The molecule has 3 rings (SSSR count). The Morgan fingerprint density at radius 1 is 1.17 bits per heavy atom. The topological polar surface area (TPSA) is 81.2 Å². The predicted molar refractivity (Wildman–Crippen MR) is 96.8 cm³/mol. The molecule has 0 aliphatic carbocycles. The number of methoxy groups -OCH3 is 1. The SMILES string of the molecule is COc1ccc(Br)cc1S(=O)(=O)Nc1cncc(-c2cncs2)c1. The fourth-order valence-corrected chi connectivity index (χ4v) is 4.41. The highest BCUT2D eigenvalue weighted by Gasteiger charge is 2.20. The molecule has 1 N–H and O–H groups in total. The summed E-state index contributed by atoms with van der Waals surface area (Å²) in [6.07, 6.45) is 4.81. The number of aromatic nitrogens is 2. The van der Waals surface area contributed by atoms with Crippen LogP contribution in [0, 0.1) is 0 Å². The molecule has 6 nitrogen and oxygen atoms in total. The van der Waals surface area contributed by atoms with Gasteiger partial charge in [-0.3, -0.25) is 14.7 Å². The van der Waals surface area contributed by atoms with E-state index in [1.54, 1.807) is 36.1 Å². The number of halogens is 1. The van der Waals surface area contributed by atoms with Crippen molar-refractivity contribution in [1.82, 2.24) is 9.97 Å². The highest BCUT2D eigenvalue weighted by Crippen LogP contribution is 2.30. The first-order valence-corrected chi connectivity index (χ1v) is 9.85. The van der Waals surface area contributed by atoms with Crippen LogP contribution < -0.4 is 9.46 Å². The van der Waals surface area contributed by atoms with Crippen molar-refractivity contribution >= 4 is 43.0 Å². The Balaban J connectivity index is 1.96. The molecule has 0 spiro atoms. The monoisotopic (exact) mass is 425 g/mol. The fourth-order valence-electron chi connectivity index (χ4n) is 2.06. The number of nitrogens with zero attached hydrogens (tertiary/aromatic N) is 2. The van der Waals surface area contributed by atoms with Crippen molar-refractivity contribution in [2.24, 2.45) is 0 Å². The number of nitrogens with one attached hydrogen (secondary N) is 1. The van der Waals surface area contributed by atoms with Crippen LogP contribution in [-0.2, 0) is 10.0 Å².